The molecule has 0 amide bonds. The largest absolute Gasteiger partial charge is 0.376 e. The van der Waals surface area contributed by atoms with E-state index in [-0.39, 0.29) is 5.56 Å². The molecule has 1 aliphatic heterocycles. The fourth-order valence-corrected chi connectivity index (χ4v) is 1.87. The van der Waals surface area contributed by atoms with Crippen LogP contribution in [0.2, 0.25) is 0 Å². The molecule has 6 heteroatoms. The van der Waals surface area contributed by atoms with Gasteiger partial charge < -0.3 is 4.74 Å². The number of nitrogens with one attached hydrogen (secondary N) is 1. The normalized spacial score (nSPS) is 14.7. The van der Waals surface area contributed by atoms with Crippen molar-refractivity contribution in [3.8, 4) is 6.07 Å². The Labute approximate surface area is 90.1 Å². The summed E-state index contributed by atoms with van der Waals surface area (Å²) < 4.78 is 6.51. The van der Waals surface area contributed by atoms with Gasteiger partial charge >= 0.3 is 0 Å². The molecule has 0 saturated carbocycles. The first-order chi connectivity index (χ1) is 7.81. The Balaban J connectivity index is 2.42. The molecular weight excluding hydrogens is 208 g/mol. The van der Waals surface area contributed by atoms with Crippen molar-refractivity contribution in [3.05, 3.63) is 33.4 Å². The van der Waals surface area contributed by atoms with E-state index in [2.05, 4.69) is 10.1 Å². The van der Waals surface area contributed by atoms with E-state index >= 15 is 0 Å². The zero-order valence-corrected chi connectivity index (χ0v) is 8.36. The number of aromatic amines is 1. The van der Waals surface area contributed by atoms with Crippen molar-refractivity contribution in [2.75, 3.05) is 6.61 Å². The number of fused-ring (bicyclic) bond motifs is 2. The molecule has 0 aliphatic carbocycles. The van der Waals surface area contributed by atoms with Gasteiger partial charge in [-0.2, -0.15) is 9.78 Å². The predicted octanol–water partition coefficient (Wildman–Crippen LogP) is -0.0330. The Morgan fingerprint density at radius 3 is 3.31 bits per heavy atom. The summed E-state index contributed by atoms with van der Waals surface area (Å²) in [4.78, 5) is 16.3. The summed E-state index contributed by atoms with van der Waals surface area (Å²) >= 11 is 0. The lowest BCUT2D eigenvalue weighted by Crippen LogP contribution is -2.27. The first-order valence-corrected chi connectivity index (χ1v) is 4.91. The summed E-state index contributed by atoms with van der Waals surface area (Å²) in [6.07, 6.45) is 2.10. The highest BCUT2D eigenvalue weighted by atomic mass is 16.5. The second-order valence-corrected chi connectivity index (χ2v) is 3.60. The van der Waals surface area contributed by atoms with Crippen molar-refractivity contribution in [2.24, 2.45) is 0 Å². The molecule has 2 aromatic heterocycles. The molecule has 16 heavy (non-hydrogen) atoms. The van der Waals surface area contributed by atoms with Gasteiger partial charge in [-0.25, -0.2) is 4.98 Å². The van der Waals surface area contributed by atoms with Crippen LogP contribution < -0.4 is 5.56 Å². The summed E-state index contributed by atoms with van der Waals surface area (Å²) in [5.74, 6) is 0. The average molecular weight is 216 g/mol. The average Bonchev–Trinajstić information content (AvgIpc) is 2.72. The SMILES string of the molecule is N#Cc1c[nH]n2c(=O)c3c(nc12)CCOC3. The Bertz CT molecular complexity index is 662. The molecule has 0 radical (unpaired) electrons. The number of aromatic nitrogens is 3. The molecule has 0 unspecified atom stereocenters. The van der Waals surface area contributed by atoms with E-state index in [1.165, 1.54) is 10.7 Å². The lowest BCUT2D eigenvalue weighted by Gasteiger charge is -2.14. The first-order valence-electron chi connectivity index (χ1n) is 4.91. The third-order valence-corrected chi connectivity index (χ3v) is 2.69. The van der Waals surface area contributed by atoms with E-state index in [1.807, 2.05) is 6.07 Å². The van der Waals surface area contributed by atoms with E-state index in [0.717, 1.165) is 5.69 Å². The Morgan fingerprint density at radius 1 is 1.62 bits per heavy atom. The smallest absolute Gasteiger partial charge is 0.278 e. The lowest BCUT2D eigenvalue weighted by atomic mass is 10.1. The number of ether oxygens (including phenoxy) is 1. The molecule has 0 bridgehead atoms. The van der Waals surface area contributed by atoms with Crippen molar-refractivity contribution < 1.29 is 4.74 Å². The third kappa shape index (κ3) is 1.09. The molecule has 0 atom stereocenters. The number of nitrogens with zero attached hydrogens (tertiary/aromatic N) is 3. The van der Waals surface area contributed by atoms with Gasteiger partial charge in [0.2, 0.25) is 0 Å². The van der Waals surface area contributed by atoms with E-state index in [0.29, 0.717) is 36.4 Å². The summed E-state index contributed by atoms with van der Waals surface area (Å²) in [6.45, 7) is 0.868. The van der Waals surface area contributed by atoms with Crippen LogP contribution in [0.3, 0.4) is 0 Å². The summed E-state index contributed by atoms with van der Waals surface area (Å²) in [6, 6.07) is 2.00. The molecule has 0 aromatic carbocycles. The van der Waals surface area contributed by atoms with Gasteiger partial charge in [-0.1, -0.05) is 0 Å². The highest BCUT2D eigenvalue weighted by Crippen LogP contribution is 2.13. The highest BCUT2D eigenvalue weighted by molar-refractivity contribution is 5.54. The van der Waals surface area contributed by atoms with Gasteiger partial charge in [0.25, 0.3) is 5.56 Å². The van der Waals surface area contributed by atoms with Gasteiger partial charge in [0.05, 0.1) is 24.5 Å². The standard InChI is InChI=1S/C10H8N4O2/c11-3-6-4-12-14-9(6)13-8-1-2-16-5-7(8)10(14)15/h4,12H,1-2,5H2. The number of hydrogen-bond acceptors (Lipinski definition) is 4. The third-order valence-electron chi connectivity index (χ3n) is 2.69. The molecule has 6 nitrogen and oxygen atoms in total. The molecule has 0 fully saturated rings. The maximum atomic E-state index is 12.0. The van der Waals surface area contributed by atoms with Gasteiger partial charge in [0.15, 0.2) is 5.65 Å². The number of nitriles is 1. The molecule has 80 valence electrons. The molecule has 0 spiro atoms. The summed E-state index contributed by atoms with van der Waals surface area (Å²) in [5.41, 5.74) is 1.92. The van der Waals surface area contributed by atoms with Gasteiger partial charge in [0.1, 0.15) is 11.6 Å². The van der Waals surface area contributed by atoms with Crippen molar-refractivity contribution in [1.29, 1.82) is 5.26 Å². The van der Waals surface area contributed by atoms with Crippen LogP contribution in [0.4, 0.5) is 0 Å². The predicted molar refractivity (Wildman–Crippen MR) is 53.9 cm³/mol. The van der Waals surface area contributed by atoms with Crippen LogP contribution in [-0.2, 0) is 17.8 Å². The minimum atomic E-state index is -0.179. The zero-order valence-electron chi connectivity index (χ0n) is 8.36. The molecular formula is C10H8N4O2. The van der Waals surface area contributed by atoms with Gasteiger partial charge in [-0.05, 0) is 0 Å². The van der Waals surface area contributed by atoms with E-state index in [9.17, 15) is 4.79 Å². The second-order valence-electron chi connectivity index (χ2n) is 3.60. The maximum absolute atomic E-state index is 12.0. The van der Waals surface area contributed by atoms with Crippen LogP contribution in [-0.4, -0.2) is 21.2 Å². The van der Waals surface area contributed by atoms with Gasteiger partial charge in [0, 0.05) is 12.6 Å². The maximum Gasteiger partial charge on any atom is 0.278 e. The fourth-order valence-electron chi connectivity index (χ4n) is 1.87. The van der Waals surface area contributed by atoms with Crippen LogP contribution in [0.15, 0.2) is 11.0 Å². The van der Waals surface area contributed by atoms with Crippen LogP contribution in [0, 0.1) is 11.3 Å². The second kappa shape index (κ2) is 3.18. The number of hydrogen-bond donors (Lipinski definition) is 1. The fraction of sp³-hybridized carbons (Fsp3) is 0.300. The first kappa shape index (κ1) is 9.12. The van der Waals surface area contributed by atoms with Crippen LogP contribution >= 0.6 is 0 Å². The van der Waals surface area contributed by atoms with Crippen LogP contribution in [0.25, 0.3) is 5.65 Å². The topological polar surface area (TPSA) is 83.2 Å². The Hall–Kier alpha value is -2.13. The zero-order chi connectivity index (χ0) is 11.1. The van der Waals surface area contributed by atoms with Gasteiger partial charge in [-0.3, -0.25) is 9.89 Å². The molecule has 1 aliphatic rings. The van der Waals surface area contributed by atoms with Crippen molar-refractivity contribution >= 4 is 5.65 Å². The lowest BCUT2D eigenvalue weighted by molar-refractivity contribution is 0.108. The van der Waals surface area contributed by atoms with Crippen LogP contribution in [0.1, 0.15) is 16.8 Å². The Kier molecular flexibility index (Phi) is 1.81. The molecule has 3 rings (SSSR count). The van der Waals surface area contributed by atoms with E-state index in [4.69, 9.17) is 10.00 Å². The Morgan fingerprint density at radius 2 is 2.50 bits per heavy atom. The van der Waals surface area contributed by atoms with Crippen molar-refractivity contribution in [2.45, 2.75) is 13.0 Å². The molecule has 2 aromatic rings. The van der Waals surface area contributed by atoms with E-state index < -0.39 is 0 Å². The van der Waals surface area contributed by atoms with Crippen molar-refractivity contribution in [1.82, 2.24) is 14.6 Å². The van der Waals surface area contributed by atoms with Crippen molar-refractivity contribution in [3.63, 3.8) is 0 Å². The molecule has 0 saturated heterocycles. The number of H-pyrrole nitrogens is 1. The van der Waals surface area contributed by atoms with E-state index in [1.54, 1.807) is 0 Å². The quantitative estimate of drug-likeness (QED) is 0.670. The molecule has 1 N–H and O–H groups in total. The van der Waals surface area contributed by atoms with Gasteiger partial charge in [-0.15, -0.1) is 0 Å². The molecule has 3 heterocycles. The minimum Gasteiger partial charge on any atom is -0.376 e. The monoisotopic (exact) mass is 216 g/mol. The highest BCUT2D eigenvalue weighted by Gasteiger charge is 2.18. The summed E-state index contributed by atoms with van der Waals surface area (Å²) in [5, 5.41) is 11.6. The minimum absolute atomic E-state index is 0.179. The summed E-state index contributed by atoms with van der Waals surface area (Å²) in [7, 11) is 0. The van der Waals surface area contributed by atoms with Crippen LogP contribution in [0.5, 0.6) is 0 Å². The number of rotatable bonds is 0.